The highest BCUT2D eigenvalue weighted by atomic mass is 16.4. The summed E-state index contributed by atoms with van der Waals surface area (Å²) in [5.41, 5.74) is 0. The molecule has 0 aliphatic rings. The molecule has 1 rings (SSSR count). The van der Waals surface area contributed by atoms with E-state index in [1.807, 2.05) is 0 Å². The van der Waals surface area contributed by atoms with Crippen LogP contribution in [0.4, 0.5) is 0 Å². The summed E-state index contributed by atoms with van der Waals surface area (Å²) in [5, 5.41) is 12.1. The van der Waals surface area contributed by atoms with Crippen LogP contribution in [0.25, 0.3) is 0 Å². The normalized spacial score (nSPS) is 9.82. The average molecular weight is 155 g/mol. The molecule has 0 unspecified atom stereocenters. The van der Waals surface area contributed by atoms with Crippen LogP contribution < -0.4 is 0 Å². The van der Waals surface area contributed by atoms with Gasteiger partial charge in [0.05, 0.1) is 0 Å². The Bertz CT molecular complexity index is 220. The smallest absolute Gasteiger partial charge is 0.303 e. The summed E-state index contributed by atoms with van der Waals surface area (Å²) in [6, 6.07) is 0. The van der Waals surface area contributed by atoms with E-state index in [0.717, 1.165) is 0 Å². The monoisotopic (exact) mass is 155 g/mol. The van der Waals surface area contributed by atoms with Gasteiger partial charge in [0, 0.05) is 13.0 Å². The zero-order chi connectivity index (χ0) is 8.10. The van der Waals surface area contributed by atoms with Gasteiger partial charge in [0.25, 0.3) is 0 Å². The van der Waals surface area contributed by atoms with Crippen molar-refractivity contribution in [1.82, 2.24) is 14.8 Å². The molecule has 0 radical (unpaired) electrons. The fourth-order valence-corrected chi connectivity index (χ4v) is 0.740. The lowest BCUT2D eigenvalue weighted by atomic mass is 10.3. The van der Waals surface area contributed by atoms with Crippen molar-refractivity contribution in [3.63, 3.8) is 0 Å². The first-order valence-corrected chi connectivity index (χ1v) is 3.33. The predicted octanol–water partition coefficient (Wildman–Crippen LogP) is 0.143. The largest absolute Gasteiger partial charge is 0.481 e. The molecule has 1 aromatic heterocycles. The summed E-state index contributed by atoms with van der Waals surface area (Å²) in [5.74, 6) is -0.773. The van der Waals surface area contributed by atoms with Gasteiger partial charge < -0.3 is 5.11 Å². The number of hydrogen-bond acceptors (Lipinski definition) is 3. The van der Waals surface area contributed by atoms with E-state index in [-0.39, 0.29) is 6.42 Å². The standard InChI is InChI=1S/C6H9N3O2/c10-6(11)2-1-3-9-5-7-4-8-9/h4-5H,1-3H2,(H,10,11). The first kappa shape index (κ1) is 7.71. The molecule has 0 aliphatic heterocycles. The molecule has 0 fully saturated rings. The van der Waals surface area contributed by atoms with Crippen LogP contribution in [-0.4, -0.2) is 25.8 Å². The Kier molecular flexibility index (Phi) is 2.59. The van der Waals surface area contributed by atoms with Crippen molar-refractivity contribution < 1.29 is 9.90 Å². The molecule has 0 aromatic carbocycles. The highest BCUT2D eigenvalue weighted by Gasteiger charge is 1.96. The van der Waals surface area contributed by atoms with Gasteiger partial charge >= 0.3 is 5.97 Å². The number of carboxylic acid groups (broad SMARTS) is 1. The third kappa shape index (κ3) is 2.79. The predicted molar refractivity (Wildman–Crippen MR) is 36.9 cm³/mol. The lowest BCUT2D eigenvalue weighted by Gasteiger charge is -1.95. The van der Waals surface area contributed by atoms with Crippen LogP contribution in [0.3, 0.4) is 0 Å². The quantitative estimate of drug-likeness (QED) is 0.671. The van der Waals surface area contributed by atoms with Gasteiger partial charge in [-0.05, 0) is 6.42 Å². The van der Waals surface area contributed by atoms with E-state index in [0.29, 0.717) is 13.0 Å². The molecule has 0 aliphatic carbocycles. The van der Waals surface area contributed by atoms with E-state index in [1.165, 1.54) is 6.33 Å². The maximum atomic E-state index is 10.1. The number of aliphatic carboxylic acids is 1. The molecule has 5 heteroatoms. The molecule has 60 valence electrons. The van der Waals surface area contributed by atoms with E-state index < -0.39 is 5.97 Å². The van der Waals surface area contributed by atoms with Gasteiger partial charge in [0.1, 0.15) is 12.7 Å². The van der Waals surface area contributed by atoms with E-state index in [1.54, 1.807) is 11.0 Å². The number of aromatic nitrogens is 3. The fraction of sp³-hybridized carbons (Fsp3) is 0.500. The topological polar surface area (TPSA) is 68.0 Å². The number of carboxylic acids is 1. The molecule has 0 spiro atoms. The molecule has 1 heterocycles. The van der Waals surface area contributed by atoms with Gasteiger partial charge in [-0.2, -0.15) is 5.10 Å². The van der Waals surface area contributed by atoms with E-state index in [9.17, 15) is 4.79 Å². The van der Waals surface area contributed by atoms with Crippen molar-refractivity contribution in [3.05, 3.63) is 12.7 Å². The van der Waals surface area contributed by atoms with Crippen molar-refractivity contribution >= 4 is 5.97 Å². The molecule has 0 saturated heterocycles. The van der Waals surface area contributed by atoms with Crippen molar-refractivity contribution in [3.8, 4) is 0 Å². The first-order valence-electron chi connectivity index (χ1n) is 3.33. The lowest BCUT2D eigenvalue weighted by Crippen LogP contribution is -2.01. The molecular formula is C6H9N3O2. The number of rotatable bonds is 4. The minimum Gasteiger partial charge on any atom is -0.481 e. The lowest BCUT2D eigenvalue weighted by molar-refractivity contribution is -0.137. The molecule has 0 bridgehead atoms. The Morgan fingerprint density at radius 3 is 3.00 bits per heavy atom. The minimum absolute atomic E-state index is 0.180. The molecule has 0 saturated carbocycles. The van der Waals surface area contributed by atoms with Gasteiger partial charge in [-0.15, -0.1) is 0 Å². The summed E-state index contributed by atoms with van der Waals surface area (Å²) < 4.78 is 1.61. The highest BCUT2D eigenvalue weighted by molar-refractivity contribution is 5.66. The van der Waals surface area contributed by atoms with Crippen molar-refractivity contribution in [1.29, 1.82) is 0 Å². The Hall–Kier alpha value is -1.39. The maximum absolute atomic E-state index is 10.1. The van der Waals surface area contributed by atoms with Crippen LogP contribution in [-0.2, 0) is 11.3 Å². The van der Waals surface area contributed by atoms with E-state index in [2.05, 4.69) is 10.1 Å². The van der Waals surface area contributed by atoms with E-state index >= 15 is 0 Å². The summed E-state index contributed by atoms with van der Waals surface area (Å²) in [6.07, 6.45) is 3.78. The van der Waals surface area contributed by atoms with Crippen LogP contribution >= 0.6 is 0 Å². The van der Waals surface area contributed by atoms with Crippen molar-refractivity contribution in [2.75, 3.05) is 0 Å². The van der Waals surface area contributed by atoms with Crippen LogP contribution in [0.15, 0.2) is 12.7 Å². The SMILES string of the molecule is O=C(O)CCCn1cncn1. The zero-order valence-corrected chi connectivity index (χ0v) is 5.97. The number of carbonyl (C=O) groups is 1. The molecule has 0 atom stereocenters. The molecular weight excluding hydrogens is 146 g/mol. The molecule has 0 amide bonds. The maximum Gasteiger partial charge on any atom is 0.303 e. The Morgan fingerprint density at radius 1 is 1.64 bits per heavy atom. The summed E-state index contributed by atoms with van der Waals surface area (Å²) in [7, 11) is 0. The zero-order valence-electron chi connectivity index (χ0n) is 5.97. The number of hydrogen-bond donors (Lipinski definition) is 1. The molecule has 5 nitrogen and oxygen atoms in total. The van der Waals surface area contributed by atoms with Crippen LogP contribution in [0.5, 0.6) is 0 Å². The van der Waals surface area contributed by atoms with Gasteiger partial charge in [-0.3, -0.25) is 9.48 Å². The number of nitrogens with zero attached hydrogens (tertiary/aromatic N) is 3. The second-order valence-electron chi connectivity index (χ2n) is 2.16. The van der Waals surface area contributed by atoms with Crippen LogP contribution in [0.1, 0.15) is 12.8 Å². The van der Waals surface area contributed by atoms with Gasteiger partial charge in [-0.1, -0.05) is 0 Å². The average Bonchev–Trinajstić information content (AvgIpc) is 2.39. The Morgan fingerprint density at radius 2 is 2.45 bits per heavy atom. The number of aryl methyl sites for hydroxylation is 1. The first-order chi connectivity index (χ1) is 5.29. The Balaban J connectivity index is 2.19. The van der Waals surface area contributed by atoms with Gasteiger partial charge in [-0.25, -0.2) is 4.98 Å². The summed E-state index contributed by atoms with van der Waals surface area (Å²) >= 11 is 0. The van der Waals surface area contributed by atoms with Gasteiger partial charge in [0.2, 0.25) is 0 Å². The van der Waals surface area contributed by atoms with Crippen molar-refractivity contribution in [2.45, 2.75) is 19.4 Å². The fourth-order valence-electron chi connectivity index (χ4n) is 0.740. The minimum atomic E-state index is -0.773. The highest BCUT2D eigenvalue weighted by Crippen LogP contribution is 1.91. The molecule has 1 aromatic rings. The second-order valence-corrected chi connectivity index (χ2v) is 2.16. The van der Waals surface area contributed by atoms with Crippen molar-refractivity contribution in [2.24, 2.45) is 0 Å². The van der Waals surface area contributed by atoms with E-state index in [4.69, 9.17) is 5.11 Å². The van der Waals surface area contributed by atoms with Crippen LogP contribution in [0, 0.1) is 0 Å². The Labute approximate surface area is 63.7 Å². The third-order valence-corrected chi connectivity index (χ3v) is 1.24. The summed E-state index contributed by atoms with van der Waals surface area (Å²) in [6.45, 7) is 0.617. The second kappa shape index (κ2) is 3.70. The third-order valence-electron chi connectivity index (χ3n) is 1.24. The van der Waals surface area contributed by atoms with Gasteiger partial charge in [0.15, 0.2) is 0 Å². The molecule has 1 N–H and O–H groups in total. The summed E-state index contributed by atoms with van der Waals surface area (Å²) in [4.78, 5) is 13.8. The van der Waals surface area contributed by atoms with Crippen LogP contribution in [0.2, 0.25) is 0 Å². The molecule has 11 heavy (non-hydrogen) atoms.